The van der Waals surface area contributed by atoms with Crippen LogP contribution in [0.1, 0.15) is 48.4 Å². The Morgan fingerprint density at radius 2 is 1.88 bits per heavy atom. The third-order valence-electron chi connectivity index (χ3n) is 4.79. The number of nitrogens with zero attached hydrogens (tertiary/aromatic N) is 3. The predicted molar refractivity (Wildman–Crippen MR) is 136 cm³/mol. The highest BCUT2D eigenvalue weighted by Gasteiger charge is 2.16. The van der Waals surface area contributed by atoms with Gasteiger partial charge in [0.25, 0.3) is 5.91 Å². The molecular weight excluding hydrogens is 537 g/mol. The number of hydrogen-bond acceptors (Lipinski definition) is 5. The second-order valence-corrected chi connectivity index (χ2v) is 9.60. The van der Waals surface area contributed by atoms with Crippen molar-refractivity contribution in [3.63, 3.8) is 0 Å². The van der Waals surface area contributed by atoms with Gasteiger partial charge in [-0.1, -0.05) is 43.8 Å². The van der Waals surface area contributed by atoms with E-state index in [1.165, 1.54) is 11.8 Å². The summed E-state index contributed by atoms with van der Waals surface area (Å²) in [5, 5.41) is 15.0. The van der Waals surface area contributed by atoms with E-state index < -0.39 is 0 Å². The molecule has 1 aromatic heterocycles. The van der Waals surface area contributed by atoms with Gasteiger partial charge in [-0.25, -0.2) is 0 Å². The molecule has 0 spiro atoms. The van der Waals surface area contributed by atoms with Crippen LogP contribution >= 0.6 is 34.4 Å². The molecule has 0 aliphatic heterocycles. The standard InChI is InChI=1S/C23H26IN5O2S/c1-4-29-20(13-25-22(31)16-8-6-5-7-9-16)27-28-23(29)32-14-21(30)26-19-11-10-17(24)12-18(19)15(2)3/h5-12,15H,4,13-14H2,1-3H3,(H,25,31)(H,26,30). The summed E-state index contributed by atoms with van der Waals surface area (Å²) in [6, 6.07) is 15.1. The molecule has 0 aliphatic rings. The van der Waals surface area contributed by atoms with Crippen molar-refractivity contribution in [2.45, 2.75) is 44.9 Å². The fourth-order valence-corrected chi connectivity index (χ4v) is 4.50. The number of aromatic nitrogens is 3. The number of anilines is 1. The highest BCUT2D eigenvalue weighted by Crippen LogP contribution is 2.27. The maximum Gasteiger partial charge on any atom is 0.251 e. The Balaban J connectivity index is 1.59. The maximum absolute atomic E-state index is 12.6. The van der Waals surface area contributed by atoms with Crippen molar-refractivity contribution in [3.05, 3.63) is 69.1 Å². The molecule has 0 unspecified atom stereocenters. The summed E-state index contributed by atoms with van der Waals surface area (Å²) in [6.07, 6.45) is 0. The summed E-state index contributed by atoms with van der Waals surface area (Å²) >= 11 is 3.61. The Labute approximate surface area is 205 Å². The van der Waals surface area contributed by atoms with Crippen LogP contribution in [0.25, 0.3) is 0 Å². The lowest BCUT2D eigenvalue weighted by Gasteiger charge is -2.14. The van der Waals surface area contributed by atoms with E-state index >= 15 is 0 Å². The summed E-state index contributed by atoms with van der Waals surface area (Å²) in [5.41, 5.74) is 2.55. The first kappa shape index (κ1) is 24.2. The molecule has 0 atom stereocenters. The zero-order valence-electron chi connectivity index (χ0n) is 18.3. The number of benzene rings is 2. The second kappa shape index (κ2) is 11.5. The van der Waals surface area contributed by atoms with E-state index in [4.69, 9.17) is 0 Å². The number of carbonyl (C=O) groups is 2. The molecule has 2 aromatic carbocycles. The first-order valence-electron chi connectivity index (χ1n) is 10.4. The quantitative estimate of drug-likeness (QED) is 0.292. The third-order valence-corrected chi connectivity index (χ3v) is 6.43. The molecule has 0 fully saturated rings. The normalized spacial score (nSPS) is 10.9. The molecule has 3 rings (SSSR count). The van der Waals surface area contributed by atoms with Gasteiger partial charge in [-0.2, -0.15) is 0 Å². The van der Waals surface area contributed by atoms with E-state index in [0.717, 1.165) is 14.8 Å². The van der Waals surface area contributed by atoms with Crippen molar-refractivity contribution in [2.75, 3.05) is 11.1 Å². The van der Waals surface area contributed by atoms with Crippen LogP contribution in [-0.2, 0) is 17.9 Å². The fraction of sp³-hybridized carbons (Fsp3) is 0.304. The van der Waals surface area contributed by atoms with Crippen LogP contribution in [0.2, 0.25) is 0 Å². The van der Waals surface area contributed by atoms with Crippen LogP contribution in [0.5, 0.6) is 0 Å². The molecule has 1 heterocycles. The number of nitrogens with one attached hydrogen (secondary N) is 2. The molecule has 7 nitrogen and oxygen atoms in total. The second-order valence-electron chi connectivity index (χ2n) is 7.41. The van der Waals surface area contributed by atoms with E-state index in [1.54, 1.807) is 12.1 Å². The number of hydrogen-bond donors (Lipinski definition) is 2. The molecule has 32 heavy (non-hydrogen) atoms. The zero-order chi connectivity index (χ0) is 23.1. The number of carbonyl (C=O) groups excluding carboxylic acids is 2. The van der Waals surface area contributed by atoms with E-state index in [-0.39, 0.29) is 24.1 Å². The minimum Gasteiger partial charge on any atom is -0.345 e. The molecule has 0 aliphatic carbocycles. The summed E-state index contributed by atoms with van der Waals surface area (Å²) in [6.45, 7) is 7.11. The minimum atomic E-state index is -0.164. The smallest absolute Gasteiger partial charge is 0.251 e. The number of halogens is 1. The first-order chi connectivity index (χ1) is 15.4. The SMILES string of the molecule is CCn1c(CNC(=O)c2ccccc2)nnc1SCC(=O)Nc1ccc(I)cc1C(C)C. The minimum absolute atomic E-state index is 0.0947. The highest BCUT2D eigenvalue weighted by molar-refractivity contribution is 14.1. The average molecular weight is 563 g/mol. The van der Waals surface area contributed by atoms with Gasteiger partial charge in [0.1, 0.15) is 0 Å². The lowest BCUT2D eigenvalue weighted by Crippen LogP contribution is -2.24. The monoisotopic (exact) mass is 563 g/mol. The molecule has 3 aromatic rings. The van der Waals surface area contributed by atoms with Crippen molar-refractivity contribution in [1.29, 1.82) is 0 Å². The fourth-order valence-electron chi connectivity index (χ4n) is 3.17. The van der Waals surface area contributed by atoms with Crippen LogP contribution in [0, 0.1) is 3.57 Å². The van der Waals surface area contributed by atoms with Gasteiger partial charge in [0, 0.05) is 21.4 Å². The molecule has 0 saturated carbocycles. The van der Waals surface area contributed by atoms with Crippen LogP contribution < -0.4 is 10.6 Å². The lowest BCUT2D eigenvalue weighted by atomic mass is 10.0. The van der Waals surface area contributed by atoms with Crippen LogP contribution in [-0.4, -0.2) is 32.3 Å². The molecule has 168 valence electrons. The molecule has 2 amide bonds. The van der Waals surface area contributed by atoms with E-state index in [9.17, 15) is 9.59 Å². The van der Waals surface area contributed by atoms with Gasteiger partial charge in [-0.3, -0.25) is 9.59 Å². The number of thioether (sulfide) groups is 1. The van der Waals surface area contributed by atoms with Gasteiger partial charge in [-0.05, 0) is 71.3 Å². The van der Waals surface area contributed by atoms with Gasteiger partial charge >= 0.3 is 0 Å². The maximum atomic E-state index is 12.6. The summed E-state index contributed by atoms with van der Waals surface area (Å²) in [7, 11) is 0. The Kier molecular flexibility index (Phi) is 8.68. The van der Waals surface area contributed by atoms with Gasteiger partial charge < -0.3 is 15.2 Å². The molecule has 0 saturated heterocycles. The van der Waals surface area contributed by atoms with Crippen molar-refractivity contribution < 1.29 is 9.59 Å². The third kappa shape index (κ3) is 6.32. The van der Waals surface area contributed by atoms with Crippen LogP contribution in [0.4, 0.5) is 5.69 Å². The van der Waals surface area contributed by atoms with Crippen molar-refractivity contribution >= 4 is 51.9 Å². The summed E-state index contributed by atoms with van der Waals surface area (Å²) < 4.78 is 3.05. The van der Waals surface area contributed by atoms with Crippen LogP contribution in [0.15, 0.2) is 53.7 Å². The van der Waals surface area contributed by atoms with E-state index in [0.29, 0.717) is 29.0 Å². The Hall–Kier alpha value is -2.40. The van der Waals surface area contributed by atoms with Crippen molar-refractivity contribution in [3.8, 4) is 0 Å². The molecular formula is C23H26IN5O2S. The Morgan fingerprint density at radius 3 is 2.56 bits per heavy atom. The van der Waals surface area contributed by atoms with Crippen molar-refractivity contribution in [2.24, 2.45) is 0 Å². The zero-order valence-corrected chi connectivity index (χ0v) is 21.2. The average Bonchev–Trinajstić information content (AvgIpc) is 3.19. The van der Waals surface area contributed by atoms with Gasteiger partial charge in [-0.15, -0.1) is 10.2 Å². The van der Waals surface area contributed by atoms with E-state index in [1.807, 2.05) is 41.8 Å². The first-order valence-corrected chi connectivity index (χ1v) is 12.4. The van der Waals surface area contributed by atoms with Crippen molar-refractivity contribution in [1.82, 2.24) is 20.1 Å². The van der Waals surface area contributed by atoms with Crippen LogP contribution in [0.3, 0.4) is 0 Å². The predicted octanol–water partition coefficient (Wildman–Crippen LogP) is 4.69. The molecule has 2 N–H and O–H groups in total. The molecule has 0 radical (unpaired) electrons. The highest BCUT2D eigenvalue weighted by atomic mass is 127. The lowest BCUT2D eigenvalue weighted by molar-refractivity contribution is -0.113. The molecule has 0 bridgehead atoms. The van der Waals surface area contributed by atoms with Gasteiger partial charge in [0.05, 0.1) is 12.3 Å². The van der Waals surface area contributed by atoms with Gasteiger partial charge in [0.2, 0.25) is 5.91 Å². The number of rotatable bonds is 9. The Morgan fingerprint density at radius 1 is 1.12 bits per heavy atom. The summed E-state index contributed by atoms with van der Waals surface area (Å²) in [5.74, 6) is 0.924. The number of amides is 2. The largest absolute Gasteiger partial charge is 0.345 e. The van der Waals surface area contributed by atoms with E-state index in [2.05, 4.69) is 63.3 Å². The van der Waals surface area contributed by atoms with Gasteiger partial charge in [0.15, 0.2) is 11.0 Å². The summed E-state index contributed by atoms with van der Waals surface area (Å²) in [4.78, 5) is 24.9. The molecule has 9 heteroatoms. The Bertz CT molecular complexity index is 1090. The topological polar surface area (TPSA) is 88.9 Å².